The zero-order chi connectivity index (χ0) is 12.6. The van der Waals surface area contributed by atoms with Crippen molar-refractivity contribution in [1.29, 1.82) is 0 Å². The number of carbonyl (C=O) groups is 1. The van der Waals surface area contributed by atoms with Crippen LogP contribution in [0, 0.1) is 11.3 Å². The van der Waals surface area contributed by atoms with E-state index in [1.54, 1.807) is 0 Å². The molecule has 0 saturated carbocycles. The van der Waals surface area contributed by atoms with Crippen LogP contribution in [0.2, 0.25) is 0 Å². The van der Waals surface area contributed by atoms with E-state index in [-0.39, 0.29) is 11.5 Å². The van der Waals surface area contributed by atoms with Gasteiger partial charge in [-0.05, 0) is 38.5 Å². The number of hydrogen-bond acceptors (Lipinski definition) is 2. The van der Waals surface area contributed by atoms with Crippen LogP contribution < -0.4 is 0 Å². The number of carbonyl (C=O) groups excluding carboxylic acids is 1. The standard InChI is InChI=1S/C13H25NO2/c1-10-7-8-14(9-13(10,5)6)11(15)16-12(2,3)4/h10H,7-9H2,1-6H3. The smallest absolute Gasteiger partial charge is 0.410 e. The van der Waals surface area contributed by atoms with Crippen molar-refractivity contribution < 1.29 is 9.53 Å². The van der Waals surface area contributed by atoms with Crippen molar-refractivity contribution in [2.24, 2.45) is 11.3 Å². The predicted molar refractivity (Wildman–Crippen MR) is 65.4 cm³/mol. The highest BCUT2D eigenvalue weighted by molar-refractivity contribution is 5.68. The molecule has 0 aromatic rings. The van der Waals surface area contributed by atoms with Gasteiger partial charge in [-0.1, -0.05) is 20.8 Å². The first-order valence-electron chi connectivity index (χ1n) is 6.10. The lowest BCUT2D eigenvalue weighted by atomic mass is 9.75. The van der Waals surface area contributed by atoms with Crippen molar-refractivity contribution in [3.8, 4) is 0 Å². The van der Waals surface area contributed by atoms with Crippen LogP contribution in [0.5, 0.6) is 0 Å². The first-order chi connectivity index (χ1) is 7.12. The van der Waals surface area contributed by atoms with Crippen LogP contribution in [-0.4, -0.2) is 29.7 Å². The molecule has 0 N–H and O–H groups in total. The number of nitrogens with zero attached hydrogens (tertiary/aromatic N) is 1. The number of ether oxygens (including phenoxy) is 1. The summed E-state index contributed by atoms with van der Waals surface area (Å²) in [6, 6.07) is 0. The number of amides is 1. The van der Waals surface area contributed by atoms with Crippen LogP contribution in [0.25, 0.3) is 0 Å². The van der Waals surface area contributed by atoms with Gasteiger partial charge in [0.15, 0.2) is 0 Å². The van der Waals surface area contributed by atoms with Crippen LogP contribution >= 0.6 is 0 Å². The molecule has 1 heterocycles. The fraction of sp³-hybridized carbons (Fsp3) is 0.923. The Morgan fingerprint density at radius 3 is 2.38 bits per heavy atom. The molecule has 0 spiro atoms. The number of hydrogen-bond donors (Lipinski definition) is 0. The molecular weight excluding hydrogens is 202 g/mol. The van der Waals surface area contributed by atoms with Crippen LogP contribution in [0.1, 0.15) is 48.0 Å². The molecule has 3 heteroatoms. The summed E-state index contributed by atoms with van der Waals surface area (Å²) < 4.78 is 5.39. The van der Waals surface area contributed by atoms with E-state index < -0.39 is 5.60 Å². The molecule has 1 fully saturated rings. The Hall–Kier alpha value is -0.730. The quantitative estimate of drug-likeness (QED) is 0.635. The first-order valence-corrected chi connectivity index (χ1v) is 6.10. The Bertz CT molecular complexity index is 266. The maximum absolute atomic E-state index is 11.9. The van der Waals surface area contributed by atoms with Gasteiger partial charge in [0.1, 0.15) is 5.60 Å². The van der Waals surface area contributed by atoms with E-state index in [9.17, 15) is 4.79 Å². The maximum atomic E-state index is 11.9. The highest BCUT2D eigenvalue weighted by Gasteiger charge is 2.36. The molecule has 1 aliphatic rings. The summed E-state index contributed by atoms with van der Waals surface area (Å²) in [5.74, 6) is 0.659. The Labute approximate surface area is 99.1 Å². The van der Waals surface area contributed by atoms with Gasteiger partial charge in [-0.2, -0.15) is 0 Å². The molecule has 0 bridgehead atoms. The fourth-order valence-corrected chi connectivity index (χ4v) is 1.95. The third-order valence-electron chi connectivity index (χ3n) is 3.42. The first kappa shape index (κ1) is 13.3. The fourth-order valence-electron chi connectivity index (χ4n) is 1.95. The molecule has 3 nitrogen and oxygen atoms in total. The predicted octanol–water partition coefficient (Wildman–Crippen LogP) is 3.29. The van der Waals surface area contributed by atoms with E-state index in [0.717, 1.165) is 19.5 Å². The Morgan fingerprint density at radius 1 is 1.38 bits per heavy atom. The van der Waals surface area contributed by atoms with Gasteiger partial charge >= 0.3 is 6.09 Å². The minimum Gasteiger partial charge on any atom is -0.444 e. The minimum atomic E-state index is -0.399. The number of rotatable bonds is 0. The molecule has 1 amide bonds. The van der Waals surface area contributed by atoms with Gasteiger partial charge in [0, 0.05) is 13.1 Å². The van der Waals surface area contributed by atoms with Gasteiger partial charge in [0.25, 0.3) is 0 Å². The molecule has 1 unspecified atom stereocenters. The van der Waals surface area contributed by atoms with Crippen LogP contribution in [0.4, 0.5) is 4.79 Å². The van der Waals surface area contributed by atoms with E-state index in [1.807, 2.05) is 25.7 Å². The average molecular weight is 227 g/mol. The molecule has 0 aliphatic carbocycles. The van der Waals surface area contributed by atoms with Crippen molar-refractivity contribution >= 4 is 6.09 Å². The molecule has 0 aromatic heterocycles. The number of piperidine rings is 1. The molecular formula is C13H25NO2. The molecule has 1 atom stereocenters. The Kier molecular flexibility index (Phi) is 3.56. The highest BCUT2D eigenvalue weighted by Crippen LogP contribution is 2.34. The van der Waals surface area contributed by atoms with Crippen molar-refractivity contribution in [1.82, 2.24) is 4.90 Å². The van der Waals surface area contributed by atoms with Gasteiger partial charge in [-0.15, -0.1) is 0 Å². The summed E-state index contributed by atoms with van der Waals surface area (Å²) in [5.41, 5.74) is -0.209. The van der Waals surface area contributed by atoms with E-state index in [4.69, 9.17) is 4.74 Å². The van der Waals surface area contributed by atoms with Gasteiger partial charge < -0.3 is 9.64 Å². The lowest BCUT2D eigenvalue weighted by Crippen LogP contribution is -2.48. The van der Waals surface area contributed by atoms with Gasteiger partial charge in [0.05, 0.1) is 0 Å². The second-order valence-corrected chi connectivity index (χ2v) is 6.58. The van der Waals surface area contributed by atoms with Crippen LogP contribution in [0.3, 0.4) is 0 Å². The highest BCUT2D eigenvalue weighted by atomic mass is 16.6. The topological polar surface area (TPSA) is 29.5 Å². The SMILES string of the molecule is CC1CCN(C(=O)OC(C)(C)C)CC1(C)C. The zero-order valence-corrected chi connectivity index (χ0v) is 11.5. The molecule has 94 valence electrons. The molecule has 1 rings (SSSR count). The van der Waals surface area contributed by atoms with Gasteiger partial charge in [0.2, 0.25) is 0 Å². The summed E-state index contributed by atoms with van der Waals surface area (Å²) in [6.45, 7) is 14.0. The maximum Gasteiger partial charge on any atom is 0.410 e. The second kappa shape index (κ2) is 4.27. The zero-order valence-electron chi connectivity index (χ0n) is 11.5. The molecule has 16 heavy (non-hydrogen) atoms. The van der Waals surface area contributed by atoms with E-state index >= 15 is 0 Å². The van der Waals surface area contributed by atoms with Gasteiger partial charge in [-0.25, -0.2) is 4.79 Å². The summed E-state index contributed by atoms with van der Waals surface area (Å²) >= 11 is 0. The van der Waals surface area contributed by atoms with E-state index in [0.29, 0.717) is 5.92 Å². The average Bonchev–Trinajstić information content (AvgIpc) is 2.06. The van der Waals surface area contributed by atoms with Crippen molar-refractivity contribution in [3.05, 3.63) is 0 Å². The third-order valence-corrected chi connectivity index (χ3v) is 3.42. The van der Waals surface area contributed by atoms with Crippen molar-refractivity contribution in [2.75, 3.05) is 13.1 Å². The van der Waals surface area contributed by atoms with Crippen LogP contribution in [0.15, 0.2) is 0 Å². The van der Waals surface area contributed by atoms with Crippen molar-refractivity contribution in [3.63, 3.8) is 0 Å². The lowest BCUT2D eigenvalue weighted by molar-refractivity contribution is -0.00157. The molecule has 0 radical (unpaired) electrons. The van der Waals surface area contributed by atoms with Gasteiger partial charge in [-0.3, -0.25) is 0 Å². The number of likely N-dealkylation sites (tertiary alicyclic amines) is 1. The largest absolute Gasteiger partial charge is 0.444 e. The summed E-state index contributed by atoms with van der Waals surface area (Å²) in [5, 5.41) is 0. The minimum absolute atomic E-state index is 0.174. The lowest BCUT2D eigenvalue weighted by Gasteiger charge is -2.43. The Balaban J connectivity index is 2.60. The molecule has 1 aliphatic heterocycles. The summed E-state index contributed by atoms with van der Waals surface area (Å²) in [7, 11) is 0. The summed E-state index contributed by atoms with van der Waals surface area (Å²) in [4.78, 5) is 13.8. The monoisotopic (exact) mass is 227 g/mol. The summed E-state index contributed by atoms with van der Waals surface area (Å²) in [6.07, 6.45) is 0.888. The van der Waals surface area contributed by atoms with Crippen molar-refractivity contribution in [2.45, 2.75) is 53.6 Å². The van der Waals surface area contributed by atoms with E-state index in [1.165, 1.54) is 0 Å². The third kappa shape index (κ3) is 3.39. The van der Waals surface area contributed by atoms with E-state index in [2.05, 4.69) is 20.8 Å². The Morgan fingerprint density at radius 2 is 1.94 bits per heavy atom. The van der Waals surface area contributed by atoms with Crippen LogP contribution in [-0.2, 0) is 4.74 Å². The normalized spacial score (nSPS) is 25.4. The molecule has 1 saturated heterocycles. The molecule has 0 aromatic carbocycles. The second-order valence-electron chi connectivity index (χ2n) is 6.58.